The maximum absolute atomic E-state index is 11.1. The summed E-state index contributed by atoms with van der Waals surface area (Å²) in [5, 5.41) is 15.3. The largest absolute Gasteiger partial charge is 0.478 e. The highest BCUT2D eigenvalue weighted by molar-refractivity contribution is 6.31. The molecule has 1 aromatic carbocycles. The van der Waals surface area contributed by atoms with Gasteiger partial charge < -0.3 is 15.7 Å². The van der Waals surface area contributed by atoms with Gasteiger partial charge in [0.2, 0.25) is 5.91 Å². The smallest absolute Gasteiger partial charge is 0.337 e. The second-order valence-corrected chi connectivity index (χ2v) is 4.62. The third kappa shape index (κ3) is 2.92. The predicted octanol–water partition coefficient (Wildman–Crippen LogP) is 1.73. The first-order valence-corrected chi connectivity index (χ1v) is 6.00. The summed E-state index contributed by atoms with van der Waals surface area (Å²) >= 11 is 5.76. The maximum atomic E-state index is 11.1. The van der Waals surface area contributed by atoms with E-state index in [-0.39, 0.29) is 17.5 Å². The third-order valence-corrected chi connectivity index (χ3v) is 3.07. The van der Waals surface area contributed by atoms with Gasteiger partial charge in [-0.25, -0.2) is 4.79 Å². The molecule has 1 saturated heterocycles. The Morgan fingerprint density at radius 1 is 1.56 bits per heavy atom. The normalized spacial score (nSPS) is 18.5. The number of hydrogen-bond donors (Lipinski definition) is 3. The molecule has 96 valence electrons. The minimum Gasteiger partial charge on any atom is -0.478 e. The molecule has 1 amide bonds. The van der Waals surface area contributed by atoms with Crippen molar-refractivity contribution in [3.63, 3.8) is 0 Å². The fourth-order valence-electron chi connectivity index (χ4n) is 1.91. The van der Waals surface area contributed by atoms with Crippen LogP contribution in [0.5, 0.6) is 0 Å². The molecule has 0 saturated carbocycles. The molecule has 1 heterocycles. The number of carboxylic acid groups (broad SMARTS) is 1. The molecule has 18 heavy (non-hydrogen) atoms. The van der Waals surface area contributed by atoms with Gasteiger partial charge in [-0.15, -0.1) is 0 Å². The molecule has 1 aliphatic rings. The van der Waals surface area contributed by atoms with Crippen LogP contribution in [0.4, 0.5) is 5.69 Å². The van der Waals surface area contributed by atoms with Crippen molar-refractivity contribution >= 4 is 29.2 Å². The minimum atomic E-state index is -1.03. The number of carbonyl (C=O) groups is 2. The molecular weight excluding hydrogens is 256 g/mol. The molecule has 2 rings (SSSR count). The molecular formula is C12H13ClN2O3. The number of nitrogens with one attached hydrogen (secondary N) is 2. The lowest BCUT2D eigenvalue weighted by Crippen LogP contribution is -2.32. The van der Waals surface area contributed by atoms with Crippen molar-refractivity contribution in [2.45, 2.75) is 18.9 Å². The number of benzene rings is 1. The number of rotatable bonds is 4. The van der Waals surface area contributed by atoms with Gasteiger partial charge in [0.25, 0.3) is 0 Å². The zero-order chi connectivity index (χ0) is 13.1. The molecule has 5 nitrogen and oxygen atoms in total. The summed E-state index contributed by atoms with van der Waals surface area (Å²) in [4.78, 5) is 22.1. The first-order chi connectivity index (χ1) is 8.56. The van der Waals surface area contributed by atoms with Crippen LogP contribution in [0.3, 0.4) is 0 Å². The molecule has 0 aliphatic carbocycles. The van der Waals surface area contributed by atoms with Gasteiger partial charge in [0.1, 0.15) is 0 Å². The lowest BCUT2D eigenvalue weighted by Gasteiger charge is -2.14. The van der Waals surface area contributed by atoms with Crippen LogP contribution in [0.25, 0.3) is 0 Å². The summed E-state index contributed by atoms with van der Waals surface area (Å²) in [6, 6.07) is 4.71. The van der Waals surface area contributed by atoms with E-state index in [1.54, 1.807) is 12.1 Å². The van der Waals surface area contributed by atoms with Crippen LogP contribution in [0.15, 0.2) is 18.2 Å². The van der Waals surface area contributed by atoms with Crippen molar-refractivity contribution in [3.05, 3.63) is 28.8 Å². The second kappa shape index (κ2) is 5.27. The number of hydrogen-bond acceptors (Lipinski definition) is 3. The SMILES string of the molecule is O=C1CCC(CNc2ccc(Cl)cc2C(=O)O)N1. The van der Waals surface area contributed by atoms with Crippen LogP contribution < -0.4 is 10.6 Å². The quantitative estimate of drug-likeness (QED) is 0.777. The van der Waals surface area contributed by atoms with E-state index in [9.17, 15) is 9.59 Å². The number of halogens is 1. The number of aromatic carboxylic acids is 1. The second-order valence-electron chi connectivity index (χ2n) is 4.18. The highest BCUT2D eigenvalue weighted by Gasteiger charge is 2.21. The van der Waals surface area contributed by atoms with Crippen LogP contribution in [-0.2, 0) is 4.79 Å². The Morgan fingerprint density at radius 2 is 2.33 bits per heavy atom. The van der Waals surface area contributed by atoms with Gasteiger partial charge in [0.15, 0.2) is 0 Å². The van der Waals surface area contributed by atoms with E-state index in [1.807, 2.05) is 0 Å². The van der Waals surface area contributed by atoms with E-state index in [1.165, 1.54) is 6.07 Å². The van der Waals surface area contributed by atoms with Crippen LogP contribution in [0.1, 0.15) is 23.2 Å². The van der Waals surface area contributed by atoms with Crippen LogP contribution in [0, 0.1) is 0 Å². The number of carboxylic acids is 1. The summed E-state index contributed by atoms with van der Waals surface area (Å²) in [5.74, 6) is -0.994. The van der Waals surface area contributed by atoms with Gasteiger partial charge in [0, 0.05) is 29.7 Å². The highest BCUT2D eigenvalue weighted by Crippen LogP contribution is 2.21. The summed E-state index contributed by atoms with van der Waals surface area (Å²) in [6.07, 6.45) is 1.29. The Balaban J connectivity index is 2.04. The number of amides is 1. The van der Waals surface area contributed by atoms with Crippen molar-refractivity contribution in [2.75, 3.05) is 11.9 Å². The number of anilines is 1. The zero-order valence-corrected chi connectivity index (χ0v) is 10.3. The molecule has 0 radical (unpaired) electrons. The predicted molar refractivity (Wildman–Crippen MR) is 68.1 cm³/mol. The van der Waals surface area contributed by atoms with Gasteiger partial charge >= 0.3 is 5.97 Å². The van der Waals surface area contributed by atoms with E-state index in [0.717, 1.165) is 6.42 Å². The van der Waals surface area contributed by atoms with E-state index in [4.69, 9.17) is 16.7 Å². The van der Waals surface area contributed by atoms with Gasteiger partial charge in [-0.1, -0.05) is 11.6 Å². The minimum absolute atomic E-state index is 0.0383. The van der Waals surface area contributed by atoms with Crippen molar-refractivity contribution < 1.29 is 14.7 Å². The van der Waals surface area contributed by atoms with Crippen molar-refractivity contribution in [2.24, 2.45) is 0 Å². The Morgan fingerprint density at radius 3 is 2.94 bits per heavy atom. The molecule has 0 spiro atoms. The summed E-state index contributed by atoms with van der Waals surface area (Å²) in [5.41, 5.74) is 0.639. The molecule has 1 atom stereocenters. The van der Waals surface area contributed by atoms with E-state index in [0.29, 0.717) is 23.7 Å². The molecule has 1 aliphatic heterocycles. The molecule has 0 bridgehead atoms. The molecule has 1 aromatic rings. The molecule has 3 N–H and O–H groups in total. The van der Waals surface area contributed by atoms with Gasteiger partial charge in [-0.05, 0) is 24.6 Å². The summed E-state index contributed by atoms with van der Waals surface area (Å²) < 4.78 is 0. The van der Waals surface area contributed by atoms with E-state index >= 15 is 0 Å². The third-order valence-electron chi connectivity index (χ3n) is 2.84. The van der Waals surface area contributed by atoms with E-state index < -0.39 is 5.97 Å². The summed E-state index contributed by atoms with van der Waals surface area (Å²) in [7, 11) is 0. The first kappa shape index (κ1) is 12.7. The molecule has 1 fully saturated rings. The van der Waals surface area contributed by atoms with Crippen LogP contribution in [0.2, 0.25) is 5.02 Å². The molecule has 1 unspecified atom stereocenters. The monoisotopic (exact) mass is 268 g/mol. The Bertz CT molecular complexity index is 490. The van der Waals surface area contributed by atoms with Crippen LogP contribution in [-0.4, -0.2) is 29.6 Å². The van der Waals surface area contributed by atoms with Gasteiger partial charge in [-0.3, -0.25) is 4.79 Å². The van der Waals surface area contributed by atoms with Crippen LogP contribution >= 0.6 is 11.6 Å². The number of carbonyl (C=O) groups excluding carboxylic acids is 1. The maximum Gasteiger partial charge on any atom is 0.337 e. The Hall–Kier alpha value is -1.75. The fraction of sp³-hybridized carbons (Fsp3) is 0.333. The average molecular weight is 269 g/mol. The summed E-state index contributed by atoms with van der Waals surface area (Å²) in [6.45, 7) is 0.508. The zero-order valence-electron chi connectivity index (χ0n) is 9.57. The average Bonchev–Trinajstić information content (AvgIpc) is 2.73. The van der Waals surface area contributed by atoms with Crippen molar-refractivity contribution in [3.8, 4) is 0 Å². The highest BCUT2D eigenvalue weighted by atomic mass is 35.5. The standard InChI is InChI=1S/C12H13ClN2O3/c13-7-1-3-10(9(5-7)12(17)18)14-6-8-2-4-11(16)15-8/h1,3,5,8,14H,2,4,6H2,(H,15,16)(H,17,18). The van der Waals surface area contributed by atoms with Crippen molar-refractivity contribution in [1.82, 2.24) is 5.32 Å². The Labute approximate surface area is 109 Å². The van der Waals surface area contributed by atoms with Crippen molar-refractivity contribution in [1.29, 1.82) is 0 Å². The van der Waals surface area contributed by atoms with Gasteiger partial charge in [-0.2, -0.15) is 0 Å². The van der Waals surface area contributed by atoms with Gasteiger partial charge in [0.05, 0.1) is 5.56 Å². The fourth-order valence-corrected chi connectivity index (χ4v) is 2.08. The topological polar surface area (TPSA) is 78.4 Å². The first-order valence-electron chi connectivity index (χ1n) is 5.62. The Kier molecular flexibility index (Phi) is 3.72. The van der Waals surface area contributed by atoms with E-state index in [2.05, 4.69) is 10.6 Å². The lowest BCUT2D eigenvalue weighted by molar-refractivity contribution is -0.119. The molecule has 0 aromatic heterocycles. The molecule has 6 heteroatoms. The lowest BCUT2D eigenvalue weighted by atomic mass is 10.1.